The van der Waals surface area contributed by atoms with Crippen LogP contribution in [-0.4, -0.2) is 20.4 Å². The fourth-order valence-corrected chi connectivity index (χ4v) is 36.3. The van der Waals surface area contributed by atoms with E-state index in [-0.39, 0.29) is 18.2 Å². The zero-order valence-electron chi connectivity index (χ0n) is 31.8. The standard InChI is InChI=1S/C21H25.2C9H13Si.C5H5.CH2.Hf/c1-20(2,3)16-7-9-18-14(12-16)11-15-13-17(21(4,5)6)8-10-19(15)18;2*1-10(2,3)9-7-5-4-6-8-9;1-2-4-5-3-1;;/h7-13H,1-6H3;2*5-8H,1-3H3;1-5H;1H2;. The SMILES string of the molecule is [CH2]=[Hf]([c]1ccc([Si](C)(C)C)cc1)([c]1ccc([Si](C)(C)C)cc1)([CH]1C=CC=C1)[CH]1c2cc(C(C)(C)C)ccc2-c2ccc(C(C)(C)C)cc21. The number of hydrogen-bond donors (Lipinski definition) is 0. The Morgan fingerprint density at radius 1 is 0.521 bits per heavy atom. The van der Waals surface area contributed by atoms with Crippen LogP contribution in [0.25, 0.3) is 11.1 Å². The summed E-state index contributed by atoms with van der Waals surface area (Å²) in [6, 6.07) is 34.9. The molecule has 48 heavy (non-hydrogen) atoms. The first kappa shape index (κ1) is 35.4. The van der Waals surface area contributed by atoms with Gasteiger partial charge in [0.15, 0.2) is 0 Å². The van der Waals surface area contributed by atoms with Gasteiger partial charge in [0.05, 0.1) is 0 Å². The Morgan fingerprint density at radius 2 is 0.875 bits per heavy atom. The zero-order valence-corrected chi connectivity index (χ0v) is 37.3. The molecule has 0 spiro atoms. The molecule has 0 fully saturated rings. The molecule has 0 aromatic heterocycles. The second-order valence-corrected chi connectivity index (χ2v) is 49.6. The van der Waals surface area contributed by atoms with Crippen molar-refractivity contribution < 1.29 is 18.0 Å². The normalized spacial score (nSPS) is 16.0. The van der Waals surface area contributed by atoms with E-state index in [0.29, 0.717) is 0 Å². The fourth-order valence-electron chi connectivity index (χ4n) is 8.58. The summed E-state index contributed by atoms with van der Waals surface area (Å²) >= 11 is -5.02. The molecule has 0 aliphatic heterocycles. The molecule has 2 aliphatic rings. The summed E-state index contributed by atoms with van der Waals surface area (Å²) in [7, 11) is -3.00. The van der Waals surface area contributed by atoms with Crippen LogP contribution in [0.5, 0.6) is 0 Å². The van der Waals surface area contributed by atoms with Crippen molar-refractivity contribution >= 4 is 37.4 Å². The number of benzene rings is 4. The maximum atomic E-state index is 5.91. The van der Waals surface area contributed by atoms with Crippen LogP contribution < -0.4 is 17.0 Å². The van der Waals surface area contributed by atoms with E-state index in [1.165, 1.54) is 50.4 Å². The van der Waals surface area contributed by atoms with E-state index in [9.17, 15) is 0 Å². The van der Waals surface area contributed by atoms with E-state index in [1.807, 2.05) is 0 Å². The summed E-state index contributed by atoms with van der Waals surface area (Å²) in [6.07, 6.45) is 9.62. The molecule has 2 aliphatic carbocycles. The van der Waals surface area contributed by atoms with Crippen molar-refractivity contribution in [2.24, 2.45) is 0 Å². The number of rotatable bonds is 6. The van der Waals surface area contributed by atoms with Gasteiger partial charge in [-0.3, -0.25) is 0 Å². The Balaban J connectivity index is 1.81. The van der Waals surface area contributed by atoms with Crippen LogP contribution in [0.4, 0.5) is 0 Å². The number of hydrogen-bond acceptors (Lipinski definition) is 0. The summed E-state index contributed by atoms with van der Waals surface area (Å²) in [5.74, 6) is 0. The number of allylic oxidation sites excluding steroid dienone is 4. The zero-order chi connectivity index (χ0) is 35.1. The molecule has 250 valence electrons. The van der Waals surface area contributed by atoms with E-state index in [1.54, 1.807) is 0 Å². The molecule has 0 atom stereocenters. The Bertz CT molecular complexity index is 1860. The second kappa shape index (κ2) is 11.5. The van der Waals surface area contributed by atoms with Crippen molar-refractivity contribution in [3.8, 4) is 11.1 Å². The van der Waals surface area contributed by atoms with Gasteiger partial charge in [-0.25, -0.2) is 0 Å². The molecule has 0 amide bonds. The molecule has 0 N–H and O–H groups in total. The first-order chi connectivity index (χ1) is 22.1. The summed E-state index contributed by atoms with van der Waals surface area (Å²) < 4.78 is 9.37. The molecular weight excluding hydrogens is 775 g/mol. The van der Waals surface area contributed by atoms with Crippen molar-refractivity contribution in [3.63, 3.8) is 0 Å². The van der Waals surface area contributed by atoms with Crippen LogP contribution in [-0.2, 0) is 28.8 Å². The van der Waals surface area contributed by atoms with Crippen LogP contribution in [0.2, 0.25) is 43.0 Å². The Kier molecular flexibility index (Phi) is 8.50. The van der Waals surface area contributed by atoms with E-state index in [2.05, 4.69) is 190 Å². The van der Waals surface area contributed by atoms with E-state index in [0.717, 1.165) is 0 Å². The summed E-state index contributed by atoms with van der Waals surface area (Å²) in [5.41, 5.74) is 8.68. The minimum atomic E-state index is -5.02. The van der Waals surface area contributed by atoms with Gasteiger partial charge in [-0.2, -0.15) is 0 Å². The van der Waals surface area contributed by atoms with Crippen molar-refractivity contribution in [1.82, 2.24) is 0 Å². The fraction of sp³-hybridized carbons (Fsp3) is 0.356. The van der Waals surface area contributed by atoms with Crippen molar-refractivity contribution in [1.29, 1.82) is 0 Å². The minimum absolute atomic E-state index is 0.0453. The van der Waals surface area contributed by atoms with Gasteiger partial charge in [-0.1, -0.05) is 0 Å². The van der Waals surface area contributed by atoms with Crippen LogP contribution in [0.3, 0.4) is 0 Å². The topological polar surface area (TPSA) is 0 Å². The van der Waals surface area contributed by atoms with E-state index in [4.69, 9.17) is 4.26 Å². The average Bonchev–Trinajstić information content (AvgIpc) is 3.67. The van der Waals surface area contributed by atoms with Crippen LogP contribution in [0.1, 0.15) is 67.5 Å². The van der Waals surface area contributed by atoms with Gasteiger partial charge in [0.2, 0.25) is 0 Å². The molecule has 0 unspecified atom stereocenters. The summed E-state index contributed by atoms with van der Waals surface area (Å²) in [5, 5.41) is 3.03. The first-order valence-corrected chi connectivity index (χ1v) is 35.3. The van der Waals surface area contributed by atoms with Crippen LogP contribution in [0.15, 0.2) is 109 Å². The summed E-state index contributed by atoms with van der Waals surface area (Å²) in [6.45, 7) is 28.9. The molecule has 4 aromatic rings. The van der Waals surface area contributed by atoms with Crippen molar-refractivity contribution in [3.05, 3.63) is 131 Å². The Labute approximate surface area is 295 Å². The molecule has 4 aromatic carbocycles. The molecule has 0 heterocycles. The van der Waals surface area contributed by atoms with Crippen molar-refractivity contribution in [2.75, 3.05) is 0 Å². The molecule has 3 heteroatoms. The monoisotopic (exact) mass is 834 g/mol. The quantitative estimate of drug-likeness (QED) is 0.170. The summed E-state index contributed by atoms with van der Waals surface area (Å²) in [4.78, 5) is 0. The Hall–Kier alpha value is -2.47. The van der Waals surface area contributed by atoms with Gasteiger partial charge in [-0.05, 0) is 0 Å². The molecule has 0 radical (unpaired) electrons. The molecule has 0 saturated heterocycles. The van der Waals surface area contributed by atoms with Gasteiger partial charge in [0.1, 0.15) is 0 Å². The first-order valence-electron chi connectivity index (χ1n) is 18.0. The Morgan fingerprint density at radius 3 is 1.19 bits per heavy atom. The molecule has 0 nitrogen and oxygen atoms in total. The van der Waals surface area contributed by atoms with Crippen LogP contribution >= 0.6 is 0 Å². The predicted molar refractivity (Wildman–Crippen MR) is 218 cm³/mol. The third-order valence-electron chi connectivity index (χ3n) is 11.8. The van der Waals surface area contributed by atoms with E-state index < -0.39 is 34.2 Å². The number of fused-ring (bicyclic) bond motifs is 3. The predicted octanol–water partition coefficient (Wildman–Crippen LogP) is 10.1. The van der Waals surface area contributed by atoms with Crippen molar-refractivity contribution in [2.45, 2.75) is 99.0 Å². The molecule has 6 rings (SSSR count). The van der Waals surface area contributed by atoms with Crippen LogP contribution in [0, 0.1) is 0 Å². The average molecular weight is 834 g/mol. The molecule has 0 bridgehead atoms. The molecular formula is C45H58HfSi2. The van der Waals surface area contributed by atoms with Gasteiger partial charge in [-0.15, -0.1) is 0 Å². The van der Waals surface area contributed by atoms with Gasteiger partial charge in [0.25, 0.3) is 0 Å². The van der Waals surface area contributed by atoms with Gasteiger partial charge < -0.3 is 0 Å². The second-order valence-electron chi connectivity index (χ2n) is 19.1. The maximum absolute atomic E-state index is 5.91. The molecule has 0 saturated carbocycles. The van der Waals surface area contributed by atoms with Gasteiger partial charge >= 0.3 is 297 Å². The van der Waals surface area contributed by atoms with Gasteiger partial charge in [0, 0.05) is 0 Å². The third-order valence-corrected chi connectivity index (χ3v) is 41.9. The third kappa shape index (κ3) is 5.61. The van der Waals surface area contributed by atoms with E-state index >= 15 is 0 Å².